The van der Waals surface area contributed by atoms with Crippen molar-refractivity contribution in [1.29, 1.82) is 0 Å². The van der Waals surface area contributed by atoms with Crippen molar-refractivity contribution in [3.63, 3.8) is 0 Å². The maximum atomic E-state index is 6.41. The number of nitrogens with one attached hydrogen (secondary N) is 1. The van der Waals surface area contributed by atoms with Gasteiger partial charge in [-0.3, -0.25) is 4.98 Å². The number of ether oxygens (including phenoxy) is 3. The second-order valence-corrected chi connectivity index (χ2v) is 9.84. The van der Waals surface area contributed by atoms with Gasteiger partial charge in [-0.1, -0.05) is 17.7 Å². The quantitative estimate of drug-likeness (QED) is 0.270. The molecule has 196 valence electrons. The van der Waals surface area contributed by atoms with Gasteiger partial charge in [-0.25, -0.2) is 0 Å². The highest BCUT2D eigenvalue weighted by Gasteiger charge is 2.43. The Morgan fingerprint density at radius 2 is 1.63 bits per heavy atom. The van der Waals surface area contributed by atoms with E-state index in [2.05, 4.69) is 39.7 Å². The maximum absolute atomic E-state index is 6.41. The van der Waals surface area contributed by atoms with Crippen LogP contribution in [0.1, 0.15) is 34.7 Å². The maximum Gasteiger partial charge on any atom is 0.174 e. The summed E-state index contributed by atoms with van der Waals surface area (Å²) in [6.45, 7) is 4.17. The summed E-state index contributed by atoms with van der Waals surface area (Å²) in [4.78, 5) is 6.78. The van der Waals surface area contributed by atoms with Crippen LogP contribution in [0.4, 0.5) is 5.69 Å². The Morgan fingerprint density at radius 1 is 0.895 bits per heavy atom. The Kier molecular flexibility index (Phi) is 7.19. The van der Waals surface area contributed by atoms with Gasteiger partial charge >= 0.3 is 0 Å². The summed E-state index contributed by atoms with van der Waals surface area (Å²) in [5.41, 5.74) is 5.71. The average Bonchev–Trinajstić information content (AvgIpc) is 3.43. The average molecular weight is 549 g/mol. The molecule has 0 amide bonds. The van der Waals surface area contributed by atoms with Gasteiger partial charge in [-0.05, 0) is 80.2 Å². The summed E-state index contributed by atoms with van der Waals surface area (Å²) < 4.78 is 19.2. The standard InChI is InChI=1S/C29H29ClN4O3S/c1-17-14-21(18(2)33(17)23-15-19(30)9-11-25(23)36-4)28-27(22-8-6-7-13-31-22)32-29(38)34(28)24-16-20(35-3)10-12-26(24)37-5/h6-16,27-28H,1-5H3,(H,32,38)/t27-,28-/m1/s1. The summed E-state index contributed by atoms with van der Waals surface area (Å²) in [6.07, 6.45) is 1.80. The molecular formula is C29H29ClN4O3S. The van der Waals surface area contributed by atoms with E-state index in [9.17, 15) is 0 Å². The number of aromatic nitrogens is 2. The van der Waals surface area contributed by atoms with Gasteiger partial charge in [0.05, 0.1) is 50.5 Å². The number of rotatable bonds is 7. The number of hydrogen-bond acceptors (Lipinski definition) is 5. The third kappa shape index (κ3) is 4.44. The highest BCUT2D eigenvalue weighted by molar-refractivity contribution is 7.80. The van der Waals surface area contributed by atoms with Crippen molar-refractivity contribution < 1.29 is 14.2 Å². The minimum Gasteiger partial charge on any atom is -0.497 e. The molecule has 5 rings (SSSR count). The number of pyridine rings is 1. The van der Waals surface area contributed by atoms with Crippen LogP contribution in [-0.4, -0.2) is 36.0 Å². The lowest BCUT2D eigenvalue weighted by molar-refractivity contribution is 0.403. The van der Waals surface area contributed by atoms with Gasteiger partial charge in [0.15, 0.2) is 5.11 Å². The zero-order chi connectivity index (χ0) is 27.0. The van der Waals surface area contributed by atoms with Gasteiger partial charge in [-0.15, -0.1) is 0 Å². The first-order chi connectivity index (χ1) is 18.4. The molecule has 4 aromatic rings. The van der Waals surface area contributed by atoms with Gasteiger partial charge < -0.3 is 29.0 Å². The third-order valence-corrected chi connectivity index (χ3v) is 7.46. The van der Waals surface area contributed by atoms with E-state index in [1.54, 1.807) is 27.5 Å². The van der Waals surface area contributed by atoms with Gasteiger partial charge in [0.25, 0.3) is 0 Å². The lowest BCUT2D eigenvalue weighted by Crippen LogP contribution is -2.30. The van der Waals surface area contributed by atoms with Gasteiger partial charge in [-0.2, -0.15) is 0 Å². The van der Waals surface area contributed by atoms with E-state index >= 15 is 0 Å². The van der Waals surface area contributed by atoms with Crippen LogP contribution in [0.15, 0.2) is 66.9 Å². The molecule has 0 unspecified atom stereocenters. The van der Waals surface area contributed by atoms with Crippen LogP contribution in [0.2, 0.25) is 5.02 Å². The molecule has 0 spiro atoms. The van der Waals surface area contributed by atoms with E-state index in [-0.39, 0.29) is 12.1 Å². The van der Waals surface area contributed by atoms with Gasteiger partial charge in [0.2, 0.25) is 0 Å². The van der Waals surface area contributed by atoms with E-state index in [0.717, 1.165) is 39.8 Å². The number of aryl methyl sites for hydroxylation is 1. The van der Waals surface area contributed by atoms with Crippen LogP contribution >= 0.6 is 23.8 Å². The van der Waals surface area contributed by atoms with E-state index in [4.69, 9.17) is 38.0 Å². The van der Waals surface area contributed by atoms with E-state index in [0.29, 0.717) is 21.6 Å². The third-order valence-electron chi connectivity index (χ3n) is 6.91. The number of nitrogens with zero attached hydrogens (tertiary/aromatic N) is 3. The van der Waals surface area contributed by atoms with Crippen molar-refractivity contribution in [2.75, 3.05) is 26.2 Å². The molecule has 2 atom stereocenters. The lowest BCUT2D eigenvalue weighted by Gasteiger charge is -2.29. The predicted octanol–water partition coefficient (Wildman–Crippen LogP) is 6.35. The topological polar surface area (TPSA) is 60.8 Å². The highest BCUT2D eigenvalue weighted by atomic mass is 35.5. The molecule has 1 fully saturated rings. The number of hydrogen-bond donors (Lipinski definition) is 1. The molecule has 3 heterocycles. The Balaban J connectivity index is 1.74. The fraction of sp³-hybridized carbons (Fsp3) is 0.241. The number of thiocarbonyl (C=S) groups is 1. The zero-order valence-electron chi connectivity index (χ0n) is 21.9. The molecule has 1 saturated heterocycles. The van der Waals surface area contributed by atoms with Crippen LogP contribution in [0.3, 0.4) is 0 Å². The van der Waals surface area contributed by atoms with E-state index in [1.165, 1.54) is 0 Å². The summed E-state index contributed by atoms with van der Waals surface area (Å²) in [6, 6.07) is 19.0. The number of methoxy groups -OCH3 is 3. The normalized spacial score (nSPS) is 16.9. The van der Waals surface area contributed by atoms with Crippen molar-refractivity contribution in [3.8, 4) is 22.9 Å². The molecule has 0 saturated carbocycles. The molecule has 1 aliphatic heterocycles. The second kappa shape index (κ2) is 10.6. The van der Waals surface area contributed by atoms with E-state index < -0.39 is 0 Å². The fourth-order valence-electron chi connectivity index (χ4n) is 5.21. The number of anilines is 1. The first kappa shape index (κ1) is 25.9. The Bertz CT molecular complexity index is 1490. The minimum absolute atomic E-state index is 0.213. The molecule has 2 aromatic heterocycles. The molecule has 0 radical (unpaired) electrons. The van der Waals surface area contributed by atoms with Crippen molar-refractivity contribution in [3.05, 3.63) is 94.5 Å². The van der Waals surface area contributed by atoms with Gasteiger partial charge in [0.1, 0.15) is 17.2 Å². The van der Waals surface area contributed by atoms with Crippen LogP contribution in [0, 0.1) is 13.8 Å². The van der Waals surface area contributed by atoms with E-state index in [1.807, 2.05) is 54.6 Å². The predicted molar refractivity (Wildman–Crippen MR) is 154 cm³/mol. The smallest absolute Gasteiger partial charge is 0.174 e. The highest BCUT2D eigenvalue weighted by Crippen LogP contribution is 2.47. The van der Waals surface area contributed by atoms with Crippen molar-refractivity contribution in [2.24, 2.45) is 0 Å². The first-order valence-electron chi connectivity index (χ1n) is 12.1. The molecule has 1 aliphatic rings. The van der Waals surface area contributed by atoms with Gasteiger partial charge in [0, 0.05) is 28.7 Å². The largest absolute Gasteiger partial charge is 0.497 e. The monoisotopic (exact) mass is 548 g/mol. The molecule has 2 aromatic carbocycles. The molecule has 0 aliphatic carbocycles. The molecule has 1 N–H and O–H groups in total. The van der Waals surface area contributed by atoms with Crippen molar-refractivity contribution in [2.45, 2.75) is 25.9 Å². The summed E-state index contributed by atoms with van der Waals surface area (Å²) >= 11 is 12.4. The molecular weight excluding hydrogens is 520 g/mol. The molecule has 7 nitrogen and oxygen atoms in total. The fourth-order valence-corrected chi connectivity index (χ4v) is 5.72. The van der Waals surface area contributed by atoms with Crippen LogP contribution in [0.25, 0.3) is 5.69 Å². The molecule has 9 heteroatoms. The Morgan fingerprint density at radius 3 is 2.32 bits per heavy atom. The SMILES string of the molecule is COc1ccc(OC)c(N2C(=S)N[C@H](c3ccccn3)[C@H]2c2cc(C)n(-c3cc(Cl)ccc3OC)c2C)c1. The second-order valence-electron chi connectivity index (χ2n) is 9.01. The number of benzene rings is 2. The molecule has 0 bridgehead atoms. The summed E-state index contributed by atoms with van der Waals surface area (Å²) in [7, 11) is 4.96. The van der Waals surface area contributed by atoms with Crippen molar-refractivity contribution >= 4 is 34.6 Å². The Hall–Kier alpha value is -3.75. The number of halogens is 1. The van der Waals surface area contributed by atoms with Crippen molar-refractivity contribution in [1.82, 2.24) is 14.9 Å². The molecule has 38 heavy (non-hydrogen) atoms. The summed E-state index contributed by atoms with van der Waals surface area (Å²) in [5.74, 6) is 2.13. The Labute approximate surface area is 232 Å². The summed E-state index contributed by atoms with van der Waals surface area (Å²) in [5, 5.41) is 4.73. The zero-order valence-corrected chi connectivity index (χ0v) is 23.4. The van der Waals surface area contributed by atoms with Crippen LogP contribution < -0.4 is 24.4 Å². The minimum atomic E-state index is -0.233. The van der Waals surface area contributed by atoms with Crippen LogP contribution in [-0.2, 0) is 0 Å². The van der Waals surface area contributed by atoms with Crippen LogP contribution in [0.5, 0.6) is 17.2 Å². The first-order valence-corrected chi connectivity index (χ1v) is 12.9. The lowest BCUT2D eigenvalue weighted by atomic mass is 9.96.